The Balaban J connectivity index is 2.39. The van der Waals surface area contributed by atoms with E-state index in [1.54, 1.807) is 19.1 Å². The molecule has 2 aromatic rings. The Hall–Kier alpha value is -2.19. The number of benzene rings is 1. The number of rotatable bonds is 7. The third-order valence-electron chi connectivity index (χ3n) is 2.82. The van der Waals surface area contributed by atoms with Gasteiger partial charge < -0.3 is 14.6 Å². The van der Waals surface area contributed by atoms with Crippen molar-refractivity contribution in [2.24, 2.45) is 0 Å². The van der Waals surface area contributed by atoms with E-state index in [1.807, 2.05) is 6.92 Å². The molecule has 0 aliphatic carbocycles. The number of carboxylic acids is 1. The monoisotopic (exact) mass is 369 g/mol. The number of H-pyrrole nitrogens is 1. The molecule has 1 heterocycles. The summed E-state index contributed by atoms with van der Waals surface area (Å²) in [5.74, 6) is 0.368. The Morgan fingerprint density at radius 3 is 2.79 bits per heavy atom. The third kappa shape index (κ3) is 4.42. The average Bonchev–Trinajstić information content (AvgIpc) is 2.92. The van der Waals surface area contributed by atoms with E-state index in [1.165, 1.54) is 13.2 Å². The van der Waals surface area contributed by atoms with E-state index < -0.39 is 5.97 Å². The van der Waals surface area contributed by atoms with Crippen LogP contribution in [-0.2, 0) is 4.79 Å². The Morgan fingerprint density at radius 2 is 2.25 bits per heavy atom. The van der Waals surface area contributed by atoms with Crippen LogP contribution in [-0.4, -0.2) is 40.0 Å². The SMILES string of the molecule is CCOc1cc(/C=C(\Sc2n[nH]c(C)n2)C(=O)O)cc(Cl)c1OC. The number of methoxy groups -OCH3 is 1. The van der Waals surface area contributed by atoms with E-state index in [0.717, 1.165) is 11.8 Å². The van der Waals surface area contributed by atoms with Gasteiger partial charge in [0.05, 0.1) is 18.7 Å². The molecular weight excluding hydrogens is 354 g/mol. The van der Waals surface area contributed by atoms with Gasteiger partial charge in [0, 0.05) is 0 Å². The normalized spacial score (nSPS) is 11.4. The minimum Gasteiger partial charge on any atom is -0.491 e. The molecule has 0 unspecified atom stereocenters. The van der Waals surface area contributed by atoms with Gasteiger partial charge in [0.2, 0.25) is 5.16 Å². The molecule has 0 fully saturated rings. The fourth-order valence-electron chi connectivity index (χ4n) is 1.88. The molecule has 0 aliphatic heterocycles. The number of ether oxygens (including phenoxy) is 2. The molecule has 1 aromatic carbocycles. The molecule has 0 aliphatic rings. The lowest BCUT2D eigenvalue weighted by molar-refractivity contribution is -0.131. The standard InChI is InChI=1S/C15H16ClN3O4S/c1-4-23-11-6-9(5-10(16)13(11)22-3)7-12(14(20)21)24-15-17-8(2)18-19-15/h5-7H,4H2,1-3H3,(H,20,21)(H,17,18,19)/b12-7-. The molecule has 0 bridgehead atoms. The first-order valence-electron chi connectivity index (χ1n) is 6.96. The first-order valence-corrected chi connectivity index (χ1v) is 8.16. The second kappa shape index (κ2) is 8.07. The zero-order chi connectivity index (χ0) is 17.7. The molecular formula is C15H16ClN3O4S. The summed E-state index contributed by atoms with van der Waals surface area (Å²) in [5, 5.41) is 16.6. The zero-order valence-corrected chi connectivity index (χ0v) is 14.9. The van der Waals surface area contributed by atoms with Crippen molar-refractivity contribution < 1.29 is 19.4 Å². The number of aryl methyl sites for hydroxylation is 1. The van der Waals surface area contributed by atoms with Crippen LogP contribution >= 0.6 is 23.4 Å². The Kier molecular flexibility index (Phi) is 6.10. The first kappa shape index (κ1) is 18.2. The Morgan fingerprint density at radius 1 is 1.50 bits per heavy atom. The molecule has 0 atom stereocenters. The van der Waals surface area contributed by atoms with Crippen molar-refractivity contribution in [2.75, 3.05) is 13.7 Å². The van der Waals surface area contributed by atoms with Crippen molar-refractivity contribution in [1.82, 2.24) is 15.2 Å². The molecule has 1 aromatic heterocycles. The molecule has 2 rings (SSSR count). The predicted molar refractivity (Wildman–Crippen MR) is 91.8 cm³/mol. The van der Waals surface area contributed by atoms with E-state index in [9.17, 15) is 9.90 Å². The fourth-order valence-corrected chi connectivity index (χ4v) is 2.93. The number of carboxylic acid groups (broad SMARTS) is 1. The van der Waals surface area contributed by atoms with E-state index >= 15 is 0 Å². The van der Waals surface area contributed by atoms with Crippen molar-refractivity contribution in [3.63, 3.8) is 0 Å². The summed E-state index contributed by atoms with van der Waals surface area (Å²) >= 11 is 7.12. The number of nitrogens with zero attached hydrogens (tertiary/aromatic N) is 2. The van der Waals surface area contributed by atoms with Crippen LogP contribution in [0.25, 0.3) is 6.08 Å². The molecule has 0 amide bonds. The number of aromatic nitrogens is 3. The number of aromatic amines is 1. The van der Waals surface area contributed by atoms with Crippen LogP contribution in [0, 0.1) is 6.92 Å². The van der Waals surface area contributed by atoms with E-state index in [2.05, 4.69) is 15.2 Å². The number of aliphatic carboxylic acids is 1. The molecule has 0 saturated heterocycles. The Bertz CT molecular complexity index is 776. The smallest absolute Gasteiger partial charge is 0.342 e. The highest BCUT2D eigenvalue weighted by Crippen LogP contribution is 2.37. The second-order valence-electron chi connectivity index (χ2n) is 4.59. The number of thioether (sulfide) groups is 1. The minimum atomic E-state index is -1.09. The van der Waals surface area contributed by atoms with Gasteiger partial charge in [0.1, 0.15) is 10.7 Å². The van der Waals surface area contributed by atoms with Crippen molar-refractivity contribution >= 4 is 35.4 Å². The molecule has 128 valence electrons. The van der Waals surface area contributed by atoms with Crippen LogP contribution in [0.3, 0.4) is 0 Å². The zero-order valence-electron chi connectivity index (χ0n) is 13.3. The van der Waals surface area contributed by atoms with Crippen molar-refractivity contribution in [1.29, 1.82) is 0 Å². The van der Waals surface area contributed by atoms with Crippen molar-refractivity contribution in [3.05, 3.63) is 33.4 Å². The topological polar surface area (TPSA) is 97.3 Å². The second-order valence-corrected chi connectivity index (χ2v) is 6.00. The lowest BCUT2D eigenvalue weighted by Crippen LogP contribution is -1.99. The summed E-state index contributed by atoms with van der Waals surface area (Å²) in [4.78, 5) is 15.6. The van der Waals surface area contributed by atoms with Crippen molar-refractivity contribution in [2.45, 2.75) is 19.0 Å². The van der Waals surface area contributed by atoms with Gasteiger partial charge in [-0.3, -0.25) is 5.10 Å². The summed E-state index contributed by atoms with van der Waals surface area (Å²) in [7, 11) is 1.49. The van der Waals surface area contributed by atoms with Gasteiger partial charge in [-0.1, -0.05) is 11.6 Å². The van der Waals surface area contributed by atoms with Crippen LogP contribution < -0.4 is 9.47 Å². The highest BCUT2D eigenvalue weighted by molar-refractivity contribution is 8.04. The lowest BCUT2D eigenvalue weighted by atomic mass is 10.2. The van der Waals surface area contributed by atoms with Crippen molar-refractivity contribution in [3.8, 4) is 11.5 Å². The fraction of sp³-hybridized carbons (Fsp3) is 0.267. The summed E-state index contributed by atoms with van der Waals surface area (Å²) < 4.78 is 10.7. The summed E-state index contributed by atoms with van der Waals surface area (Å²) in [6.45, 7) is 4.00. The molecule has 0 spiro atoms. The molecule has 2 N–H and O–H groups in total. The summed E-state index contributed by atoms with van der Waals surface area (Å²) in [6, 6.07) is 3.27. The van der Waals surface area contributed by atoms with Crippen LogP contribution in [0.1, 0.15) is 18.3 Å². The molecule has 0 saturated carbocycles. The van der Waals surface area contributed by atoms with Crippen LogP contribution in [0.15, 0.2) is 22.2 Å². The molecule has 0 radical (unpaired) electrons. The van der Waals surface area contributed by atoms with Gasteiger partial charge in [-0.05, 0) is 49.4 Å². The third-order valence-corrected chi connectivity index (χ3v) is 3.98. The summed E-state index contributed by atoms with van der Waals surface area (Å²) in [5.41, 5.74) is 0.571. The highest BCUT2D eigenvalue weighted by atomic mass is 35.5. The maximum absolute atomic E-state index is 11.5. The van der Waals surface area contributed by atoms with Gasteiger partial charge in [-0.25, -0.2) is 9.78 Å². The number of hydrogen-bond acceptors (Lipinski definition) is 6. The van der Waals surface area contributed by atoms with Crippen LogP contribution in [0.2, 0.25) is 5.02 Å². The average molecular weight is 370 g/mol. The summed E-state index contributed by atoms with van der Waals surface area (Å²) in [6.07, 6.45) is 1.48. The Labute approximate surface area is 148 Å². The van der Waals surface area contributed by atoms with E-state index in [4.69, 9.17) is 21.1 Å². The largest absolute Gasteiger partial charge is 0.491 e. The van der Waals surface area contributed by atoms with E-state index in [0.29, 0.717) is 39.7 Å². The van der Waals surface area contributed by atoms with Gasteiger partial charge >= 0.3 is 5.97 Å². The molecule has 7 nitrogen and oxygen atoms in total. The van der Waals surface area contributed by atoms with Gasteiger partial charge in [0.15, 0.2) is 11.5 Å². The number of carbonyl (C=O) groups is 1. The quantitative estimate of drug-likeness (QED) is 0.570. The maximum Gasteiger partial charge on any atom is 0.342 e. The lowest BCUT2D eigenvalue weighted by Gasteiger charge is -2.12. The first-order chi connectivity index (χ1) is 11.4. The number of nitrogens with one attached hydrogen (secondary N) is 1. The maximum atomic E-state index is 11.5. The highest BCUT2D eigenvalue weighted by Gasteiger charge is 2.15. The minimum absolute atomic E-state index is 0.0534. The van der Waals surface area contributed by atoms with E-state index in [-0.39, 0.29) is 4.91 Å². The van der Waals surface area contributed by atoms with Gasteiger partial charge in [0.25, 0.3) is 0 Å². The number of halogens is 1. The predicted octanol–water partition coefficient (Wildman–Crippen LogP) is 3.39. The molecule has 9 heteroatoms. The van der Waals surface area contributed by atoms with Crippen LogP contribution in [0.5, 0.6) is 11.5 Å². The van der Waals surface area contributed by atoms with Gasteiger partial charge in [-0.2, -0.15) is 0 Å². The molecule has 24 heavy (non-hydrogen) atoms. The number of hydrogen-bond donors (Lipinski definition) is 2. The van der Waals surface area contributed by atoms with Crippen LogP contribution in [0.4, 0.5) is 0 Å². The van der Waals surface area contributed by atoms with Gasteiger partial charge in [-0.15, -0.1) is 5.10 Å².